The zero-order valence-corrected chi connectivity index (χ0v) is 10.2. The van der Waals surface area contributed by atoms with Gasteiger partial charge in [-0.05, 0) is 36.3 Å². The highest BCUT2D eigenvalue weighted by Gasteiger charge is 2.56. The summed E-state index contributed by atoms with van der Waals surface area (Å²) in [5.41, 5.74) is 0.953. The molecule has 0 bridgehead atoms. The molecule has 0 amide bonds. The summed E-state index contributed by atoms with van der Waals surface area (Å²) in [5, 5.41) is 0. The van der Waals surface area contributed by atoms with E-state index in [1.807, 2.05) is 6.07 Å². The molecule has 0 unspecified atom stereocenters. The minimum Gasteiger partial charge on any atom is -0.468 e. The van der Waals surface area contributed by atoms with Gasteiger partial charge in [0.2, 0.25) is 0 Å². The number of esters is 1. The second kappa shape index (κ2) is 4.15. The Kier molecular flexibility index (Phi) is 2.80. The average molecular weight is 240 g/mol. The number of rotatable bonds is 3. The number of methoxy groups -OCH3 is 1. The van der Waals surface area contributed by atoms with Crippen LogP contribution in [0.5, 0.6) is 0 Å². The fourth-order valence-corrected chi connectivity index (χ4v) is 2.03. The van der Waals surface area contributed by atoms with Gasteiger partial charge in [-0.1, -0.05) is 18.1 Å². The Labute approximate surface area is 105 Å². The highest BCUT2D eigenvalue weighted by atomic mass is 16.5. The van der Waals surface area contributed by atoms with Crippen molar-refractivity contribution in [3.63, 3.8) is 0 Å². The van der Waals surface area contributed by atoms with Crippen LogP contribution in [0.1, 0.15) is 18.1 Å². The van der Waals surface area contributed by atoms with Crippen LogP contribution < -0.4 is 0 Å². The minimum absolute atomic E-state index is 0.240. The number of hydrogen-bond donors (Lipinski definition) is 0. The van der Waals surface area contributed by atoms with E-state index in [1.54, 1.807) is 24.3 Å². The molecule has 1 aromatic rings. The summed E-state index contributed by atoms with van der Waals surface area (Å²) >= 11 is 0. The molecule has 1 aromatic carbocycles. The molecule has 90 valence electrons. The first kappa shape index (κ1) is 12.1. The van der Waals surface area contributed by atoms with Crippen molar-refractivity contribution in [2.24, 2.45) is 5.41 Å². The van der Waals surface area contributed by atoms with E-state index < -0.39 is 11.4 Å². The zero-order valence-electron chi connectivity index (χ0n) is 10.2. The third-order valence-electron chi connectivity index (χ3n) is 3.11. The normalized spacial score (nSPS) is 20.6. The summed E-state index contributed by atoms with van der Waals surface area (Å²) in [6, 6.07) is 7.19. The summed E-state index contributed by atoms with van der Waals surface area (Å²) in [5.74, 6) is 1.74. The van der Waals surface area contributed by atoms with Gasteiger partial charge in [0.15, 0.2) is 11.2 Å². The van der Waals surface area contributed by atoms with E-state index in [1.165, 1.54) is 14.0 Å². The van der Waals surface area contributed by atoms with Crippen molar-refractivity contribution < 1.29 is 14.3 Å². The van der Waals surface area contributed by atoms with Gasteiger partial charge < -0.3 is 4.74 Å². The Morgan fingerprint density at radius 1 is 1.39 bits per heavy atom. The summed E-state index contributed by atoms with van der Waals surface area (Å²) in [6.07, 6.45) is 6.95. The molecule has 3 heteroatoms. The van der Waals surface area contributed by atoms with Gasteiger partial charge in [0.05, 0.1) is 7.11 Å². The zero-order chi connectivity index (χ0) is 13.3. The van der Waals surface area contributed by atoms with Gasteiger partial charge in [0, 0.05) is 5.56 Å². The Bertz CT molecular complexity index is 604. The number of carbonyl (C=O) groups is 2. The van der Waals surface area contributed by atoms with Gasteiger partial charge in [0.1, 0.15) is 0 Å². The van der Waals surface area contributed by atoms with E-state index in [2.05, 4.69) is 5.92 Å². The molecule has 0 aliphatic heterocycles. The maximum atomic E-state index is 11.7. The van der Waals surface area contributed by atoms with Gasteiger partial charge in [-0.2, -0.15) is 0 Å². The van der Waals surface area contributed by atoms with Gasteiger partial charge in [-0.3, -0.25) is 9.59 Å². The van der Waals surface area contributed by atoms with Crippen molar-refractivity contribution in [1.82, 2.24) is 0 Å². The van der Waals surface area contributed by atoms with Crippen molar-refractivity contribution in [3.05, 3.63) is 41.5 Å². The number of ether oxygens (including phenoxy) is 1. The lowest BCUT2D eigenvalue weighted by molar-refractivity contribution is -0.148. The third-order valence-corrected chi connectivity index (χ3v) is 3.11. The molecule has 18 heavy (non-hydrogen) atoms. The number of terminal acetylenes is 1. The van der Waals surface area contributed by atoms with Gasteiger partial charge in [-0.15, -0.1) is 6.42 Å². The lowest BCUT2D eigenvalue weighted by Gasteiger charge is -2.12. The molecule has 0 saturated heterocycles. The van der Waals surface area contributed by atoms with Gasteiger partial charge >= 0.3 is 5.97 Å². The Balaban J connectivity index is 2.38. The number of carbonyl (C=O) groups excluding carboxylic acids is 2. The molecule has 0 saturated carbocycles. The van der Waals surface area contributed by atoms with E-state index in [0.717, 1.165) is 5.56 Å². The SMILES string of the molecule is C#Cc1cccc(C2=C[C@@]2(C(C)=O)C(=O)OC)c1. The van der Waals surface area contributed by atoms with Crippen LogP contribution in [0, 0.1) is 17.8 Å². The smallest absolute Gasteiger partial charge is 0.327 e. The quantitative estimate of drug-likeness (QED) is 0.460. The lowest BCUT2D eigenvalue weighted by Crippen LogP contribution is -2.28. The fraction of sp³-hybridized carbons (Fsp3) is 0.200. The summed E-state index contributed by atoms with van der Waals surface area (Å²) in [6.45, 7) is 1.38. The number of hydrogen-bond acceptors (Lipinski definition) is 3. The Hall–Kier alpha value is -2.34. The maximum Gasteiger partial charge on any atom is 0.327 e. The van der Waals surface area contributed by atoms with Crippen molar-refractivity contribution in [2.75, 3.05) is 7.11 Å². The van der Waals surface area contributed by atoms with E-state index in [-0.39, 0.29) is 5.78 Å². The summed E-state index contributed by atoms with van der Waals surface area (Å²) < 4.78 is 4.69. The first-order valence-electron chi connectivity index (χ1n) is 5.46. The van der Waals surface area contributed by atoms with Crippen LogP contribution in [0.2, 0.25) is 0 Å². The topological polar surface area (TPSA) is 43.4 Å². The Morgan fingerprint density at radius 3 is 2.67 bits per heavy atom. The molecular weight excluding hydrogens is 228 g/mol. The third kappa shape index (κ3) is 1.63. The molecule has 0 radical (unpaired) electrons. The van der Waals surface area contributed by atoms with Crippen LogP contribution in [0.3, 0.4) is 0 Å². The molecule has 1 atom stereocenters. The van der Waals surface area contributed by atoms with E-state index in [9.17, 15) is 9.59 Å². The average Bonchev–Trinajstić information content (AvgIpc) is 3.14. The molecule has 0 aromatic heterocycles. The van der Waals surface area contributed by atoms with Crippen LogP contribution in [-0.4, -0.2) is 18.9 Å². The fourth-order valence-electron chi connectivity index (χ4n) is 2.03. The molecule has 2 rings (SSSR count). The van der Waals surface area contributed by atoms with E-state index >= 15 is 0 Å². The largest absolute Gasteiger partial charge is 0.468 e. The molecule has 0 N–H and O–H groups in total. The highest BCUT2D eigenvalue weighted by Crippen LogP contribution is 2.52. The van der Waals surface area contributed by atoms with Crippen LogP contribution in [-0.2, 0) is 14.3 Å². The predicted molar refractivity (Wildman–Crippen MR) is 67.5 cm³/mol. The molecule has 1 aliphatic rings. The monoisotopic (exact) mass is 240 g/mol. The predicted octanol–water partition coefficient (Wildman–Crippen LogP) is 1.81. The van der Waals surface area contributed by atoms with E-state index in [4.69, 9.17) is 11.2 Å². The standard InChI is InChI=1S/C15H12O3/c1-4-11-6-5-7-12(8-11)13-9-15(13,10(2)16)14(17)18-3/h1,5-9H,2-3H3/t15-/m0/s1. The van der Waals surface area contributed by atoms with Crippen molar-refractivity contribution in [2.45, 2.75) is 6.92 Å². The molecule has 0 spiro atoms. The van der Waals surface area contributed by atoms with Crippen LogP contribution >= 0.6 is 0 Å². The molecule has 0 fully saturated rings. The van der Waals surface area contributed by atoms with Crippen molar-refractivity contribution in [3.8, 4) is 12.3 Å². The molecule has 0 heterocycles. The lowest BCUT2D eigenvalue weighted by atomic mass is 9.92. The first-order valence-corrected chi connectivity index (χ1v) is 5.46. The van der Waals surface area contributed by atoms with Crippen molar-refractivity contribution in [1.29, 1.82) is 0 Å². The van der Waals surface area contributed by atoms with Gasteiger partial charge in [0.25, 0.3) is 0 Å². The summed E-state index contributed by atoms with van der Waals surface area (Å²) in [4.78, 5) is 23.4. The van der Waals surface area contributed by atoms with Crippen LogP contribution in [0.25, 0.3) is 5.57 Å². The Morgan fingerprint density at radius 2 is 2.11 bits per heavy atom. The highest BCUT2D eigenvalue weighted by molar-refractivity contribution is 6.24. The van der Waals surface area contributed by atoms with Crippen molar-refractivity contribution >= 4 is 17.3 Å². The van der Waals surface area contributed by atoms with Crippen LogP contribution in [0.15, 0.2) is 30.3 Å². The number of benzene rings is 1. The summed E-state index contributed by atoms with van der Waals surface area (Å²) in [7, 11) is 1.27. The van der Waals surface area contributed by atoms with Gasteiger partial charge in [-0.25, -0.2) is 0 Å². The van der Waals surface area contributed by atoms with Crippen LogP contribution in [0.4, 0.5) is 0 Å². The van der Waals surface area contributed by atoms with E-state index in [0.29, 0.717) is 11.1 Å². The number of ketones is 1. The second-order valence-electron chi connectivity index (χ2n) is 4.14. The second-order valence-corrected chi connectivity index (χ2v) is 4.14. The molecule has 3 nitrogen and oxygen atoms in total. The molecule has 1 aliphatic carbocycles. The maximum absolute atomic E-state index is 11.7. The number of Topliss-reactive ketones (excluding diaryl/α,β-unsaturated/α-hetero) is 1. The molecular formula is C15H12O3. The first-order chi connectivity index (χ1) is 8.56. The minimum atomic E-state index is -1.21.